The third kappa shape index (κ3) is 4.00. The fraction of sp³-hybridized carbons (Fsp3) is 0.440. The first kappa shape index (κ1) is 20.1. The Morgan fingerprint density at radius 1 is 1.06 bits per heavy atom. The van der Waals surface area contributed by atoms with Crippen molar-refractivity contribution < 1.29 is 14.3 Å². The lowest BCUT2D eigenvalue weighted by molar-refractivity contribution is -0.140. The molecule has 0 saturated carbocycles. The number of thiazole rings is 1. The summed E-state index contributed by atoms with van der Waals surface area (Å²) in [6, 6.07) is 16.4. The van der Waals surface area contributed by atoms with Crippen molar-refractivity contribution in [3.05, 3.63) is 54.1 Å². The Balaban J connectivity index is 1.02. The van der Waals surface area contributed by atoms with Gasteiger partial charge in [0.2, 0.25) is 0 Å². The highest BCUT2D eigenvalue weighted by atomic mass is 32.1. The van der Waals surface area contributed by atoms with Crippen LogP contribution in [-0.2, 0) is 16.1 Å². The van der Waals surface area contributed by atoms with Gasteiger partial charge >= 0.3 is 0 Å². The van der Waals surface area contributed by atoms with E-state index in [1.807, 2.05) is 30.3 Å². The summed E-state index contributed by atoms with van der Waals surface area (Å²) in [6.07, 6.45) is 1.71. The van der Waals surface area contributed by atoms with Crippen molar-refractivity contribution in [1.82, 2.24) is 14.8 Å². The third-order valence-corrected chi connectivity index (χ3v) is 7.80. The molecule has 4 heterocycles. The maximum absolute atomic E-state index is 12.6. The minimum absolute atomic E-state index is 0.187. The zero-order valence-corrected chi connectivity index (χ0v) is 18.8. The first-order chi connectivity index (χ1) is 15.7. The lowest BCUT2D eigenvalue weighted by Gasteiger charge is -2.23. The molecular formula is C25H27N3O3S. The van der Waals surface area contributed by atoms with Gasteiger partial charge in [-0.15, -0.1) is 0 Å². The number of hydrogen-bond acceptors (Lipinski definition) is 6. The van der Waals surface area contributed by atoms with Crippen LogP contribution in [0.1, 0.15) is 18.4 Å². The maximum Gasteiger partial charge on any atom is 0.279 e. The Bertz CT molecular complexity index is 1060. The number of amides is 1. The molecule has 0 N–H and O–H groups in total. The van der Waals surface area contributed by atoms with Gasteiger partial charge in [-0.05, 0) is 54.5 Å². The van der Waals surface area contributed by atoms with Crippen LogP contribution in [0.15, 0.2) is 48.5 Å². The van der Waals surface area contributed by atoms with Gasteiger partial charge in [0.25, 0.3) is 11.1 Å². The Hall–Kier alpha value is -2.48. The Kier molecular flexibility index (Phi) is 5.33. The van der Waals surface area contributed by atoms with E-state index in [0.29, 0.717) is 17.0 Å². The predicted molar refractivity (Wildman–Crippen MR) is 124 cm³/mol. The van der Waals surface area contributed by atoms with Crippen molar-refractivity contribution in [2.45, 2.75) is 25.5 Å². The van der Waals surface area contributed by atoms with Gasteiger partial charge in [-0.1, -0.05) is 35.6 Å². The van der Waals surface area contributed by atoms with E-state index in [1.165, 1.54) is 5.56 Å². The van der Waals surface area contributed by atoms with Crippen LogP contribution in [0.2, 0.25) is 0 Å². The molecular weight excluding hydrogens is 422 g/mol. The predicted octanol–water partition coefficient (Wildman–Crippen LogP) is 4.16. The monoisotopic (exact) mass is 449 g/mol. The second-order valence-corrected chi connectivity index (χ2v) is 10.1. The van der Waals surface area contributed by atoms with E-state index >= 15 is 0 Å². The highest BCUT2D eigenvalue weighted by Crippen LogP contribution is 2.34. The number of hydrogen-bond donors (Lipinski definition) is 0. The summed E-state index contributed by atoms with van der Waals surface area (Å²) in [5, 5.41) is 0.674. The molecule has 3 atom stereocenters. The van der Waals surface area contributed by atoms with Gasteiger partial charge in [0.15, 0.2) is 0 Å². The number of carbonyl (C=O) groups excluding carboxylic acids is 1. The molecule has 32 heavy (non-hydrogen) atoms. The van der Waals surface area contributed by atoms with Crippen LogP contribution in [0.4, 0.5) is 0 Å². The average Bonchev–Trinajstić information content (AvgIpc) is 3.58. The van der Waals surface area contributed by atoms with E-state index in [0.717, 1.165) is 68.1 Å². The summed E-state index contributed by atoms with van der Waals surface area (Å²) in [5.74, 6) is 2.20. The first-order valence-electron chi connectivity index (χ1n) is 11.5. The smallest absolute Gasteiger partial charge is 0.279 e. The van der Waals surface area contributed by atoms with Crippen molar-refractivity contribution in [2.75, 3.05) is 32.8 Å². The molecule has 3 saturated heterocycles. The molecule has 0 spiro atoms. The van der Waals surface area contributed by atoms with Crippen LogP contribution in [0.3, 0.4) is 0 Å². The molecule has 3 unspecified atom stereocenters. The number of nitrogens with zero attached hydrogens (tertiary/aromatic N) is 3. The molecule has 1 aromatic heterocycles. The molecule has 3 aliphatic heterocycles. The minimum atomic E-state index is -0.187. The minimum Gasteiger partial charge on any atom is -0.431 e. The average molecular weight is 450 g/mol. The number of rotatable bonds is 5. The number of aromatic nitrogens is 1. The van der Waals surface area contributed by atoms with Gasteiger partial charge in [-0.2, -0.15) is 0 Å². The summed E-state index contributed by atoms with van der Waals surface area (Å²) < 4.78 is 12.7. The van der Waals surface area contributed by atoms with E-state index in [4.69, 9.17) is 9.47 Å². The van der Waals surface area contributed by atoms with Crippen LogP contribution < -0.4 is 4.74 Å². The zero-order chi connectivity index (χ0) is 21.5. The maximum atomic E-state index is 12.6. The van der Waals surface area contributed by atoms with Crippen molar-refractivity contribution in [3.63, 3.8) is 0 Å². The fourth-order valence-corrected chi connectivity index (χ4v) is 6.13. The van der Waals surface area contributed by atoms with Crippen LogP contribution >= 0.6 is 11.3 Å². The van der Waals surface area contributed by atoms with Gasteiger partial charge in [0, 0.05) is 39.3 Å². The number of likely N-dealkylation sites (tertiary alicyclic amines) is 2. The van der Waals surface area contributed by atoms with Crippen LogP contribution in [0.25, 0.3) is 10.2 Å². The lowest BCUT2D eigenvalue weighted by Crippen LogP contribution is -2.39. The van der Waals surface area contributed by atoms with E-state index in [-0.39, 0.29) is 12.0 Å². The van der Waals surface area contributed by atoms with E-state index in [1.54, 1.807) is 11.3 Å². The Morgan fingerprint density at radius 2 is 1.84 bits per heavy atom. The summed E-state index contributed by atoms with van der Waals surface area (Å²) >= 11 is 1.56. The normalized spacial score (nSPS) is 25.5. The summed E-state index contributed by atoms with van der Waals surface area (Å²) in [5.41, 5.74) is 2.26. The van der Waals surface area contributed by atoms with Crippen LogP contribution in [-0.4, -0.2) is 59.6 Å². The van der Waals surface area contributed by atoms with Gasteiger partial charge in [-0.3, -0.25) is 9.69 Å². The van der Waals surface area contributed by atoms with Crippen molar-refractivity contribution in [1.29, 1.82) is 0 Å². The molecule has 166 valence electrons. The first-order valence-corrected chi connectivity index (χ1v) is 12.3. The van der Waals surface area contributed by atoms with Gasteiger partial charge in [-0.25, -0.2) is 4.98 Å². The zero-order valence-electron chi connectivity index (χ0n) is 18.0. The Morgan fingerprint density at radius 3 is 2.56 bits per heavy atom. The fourth-order valence-electron chi connectivity index (χ4n) is 5.29. The molecule has 0 radical (unpaired) electrons. The molecule has 0 aliphatic carbocycles. The summed E-state index contributed by atoms with van der Waals surface area (Å²) in [6.45, 7) is 5.56. The van der Waals surface area contributed by atoms with E-state index in [9.17, 15) is 4.79 Å². The molecule has 3 aromatic rings. The Labute approximate surface area is 191 Å². The number of para-hydroxylation sites is 1. The van der Waals surface area contributed by atoms with Crippen molar-refractivity contribution in [2.24, 2.45) is 11.8 Å². The van der Waals surface area contributed by atoms with Crippen molar-refractivity contribution in [3.8, 4) is 10.9 Å². The number of fused-ring (bicyclic) bond motifs is 2. The highest BCUT2D eigenvalue weighted by molar-refractivity contribution is 7.20. The number of benzene rings is 2. The molecule has 0 bridgehead atoms. The standard InChI is InChI=1S/C25H27N3O3S/c29-24(22-5-3-11-30-22)28-15-18-13-27(14-19(18)16-28)12-17-7-9-20(10-8-17)31-25-26-21-4-1-2-6-23(21)32-25/h1-2,4,6-10,18-19,22H,3,5,11-16H2. The molecule has 6 nitrogen and oxygen atoms in total. The molecule has 6 rings (SSSR count). The largest absolute Gasteiger partial charge is 0.431 e. The second-order valence-electron chi connectivity index (χ2n) is 9.15. The van der Waals surface area contributed by atoms with Crippen molar-refractivity contribution >= 4 is 27.5 Å². The van der Waals surface area contributed by atoms with Gasteiger partial charge in [0.05, 0.1) is 10.2 Å². The molecule has 7 heteroatoms. The molecule has 3 fully saturated rings. The SMILES string of the molecule is O=C(C1CCCO1)N1CC2CN(Cc3ccc(Oc4nc5ccccc5s4)cc3)CC2C1. The second kappa shape index (κ2) is 8.46. The van der Waals surface area contributed by atoms with Crippen LogP contribution in [0, 0.1) is 11.8 Å². The quantitative estimate of drug-likeness (QED) is 0.586. The number of carbonyl (C=O) groups is 1. The third-order valence-electron chi connectivity index (χ3n) is 6.89. The van der Waals surface area contributed by atoms with Crippen LogP contribution in [0.5, 0.6) is 10.9 Å². The molecule has 1 amide bonds. The molecule has 2 aromatic carbocycles. The molecule has 3 aliphatic rings. The number of ether oxygens (including phenoxy) is 2. The van der Waals surface area contributed by atoms with Gasteiger partial charge in [0.1, 0.15) is 11.9 Å². The lowest BCUT2D eigenvalue weighted by atomic mass is 10.0. The summed E-state index contributed by atoms with van der Waals surface area (Å²) in [7, 11) is 0. The van der Waals surface area contributed by atoms with E-state index in [2.05, 4.69) is 33.0 Å². The van der Waals surface area contributed by atoms with E-state index < -0.39 is 0 Å². The highest BCUT2D eigenvalue weighted by Gasteiger charge is 2.43. The topological polar surface area (TPSA) is 54.9 Å². The summed E-state index contributed by atoms with van der Waals surface area (Å²) in [4.78, 5) is 21.8. The van der Waals surface area contributed by atoms with Gasteiger partial charge < -0.3 is 14.4 Å².